The van der Waals surface area contributed by atoms with E-state index >= 15 is 0 Å². The van der Waals surface area contributed by atoms with Gasteiger partial charge < -0.3 is 10.6 Å². The summed E-state index contributed by atoms with van der Waals surface area (Å²) in [7, 11) is 2.04. The van der Waals surface area contributed by atoms with Crippen LogP contribution in [0.15, 0.2) is 67.0 Å². The Hall–Kier alpha value is -3.34. The molecule has 0 unspecified atom stereocenters. The van der Waals surface area contributed by atoms with Crippen LogP contribution in [-0.2, 0) is 0 Å². The lowest BCUT2D eigenvalue weighted by molar-refractivity contribution is 0.912. The first-order chi connectivity index (χ1) is 12.1. The zero-order valence-electron chi connectivity index (χ0n) is 14.2. The number of aromatic nitrogens is 3. The van der Waals surface area contributed by atoms with Crippen LogP contribution in [0.25, 0.3) is 16.8 Å². The first-order valence-corrected chi connectivity index (χ1v) is 8.12. The lowest BCUT2D eigenvalue weighted by Gasteiger charge is -2.20. The van der Waals surface area contributed by atoms with Crippen molar-refractivity contribution in [3.8, 4) is 11.1 Å². The Bertz CT molecular complexity index is 1030. The van der Waals surface area contributed by atoms with Crippen LogP contribution in [0.4, 0.5) is 17.2 Å². The SMILES string of the molecule is Cc1cccc(N(C)c2ccnc3c(-c4ccc(N)cc4)cnn23)c1. The number of benzene rings is 2. The number of hydrogen-bond donors (Lipinski definition) is 1. The van der Waals surface area contributed by atoms with Crippen molar-refractivity contribution in [2.45, 2.75) is 6.92 Å². The van der Waals surface area contributed by atoms with E-state index in [0.717, 1.165) is 34.0 Å². The normalized spacial score (nSPS) is 11.0. The summed E-state index contributed by atoms with van der Waals surface area (Å²) in [5.41, 5.74) is 11.7. The molecule has 4 aromatic rings. The fourth-order valence-electron chi connectivity index (χ4n) is 2.97. The molecule has 2 N–H and O–H groups in total. The number of fused-ring (bicyclic) bond motifs is 1. The second-order valence-electron chi connectivity index (χ2n) is 6.12. The van der Waals surface area contributed by atoms with Gasteiger partial charge in [-0.1, -0.05) is 24.3 Å². The molecule has 5 heteroatoms. The van der Waals surface area contributed by atoms with Crippen molar-refractivity contribution < 1.29 is 0 Å². The molecule has 0 aliphatic heterocycles. The molecule has 2 aromatic heterocycles. The third kappa shape index (κ3) is 2.70. The summed E-state index contributed by atoms with van der Waals surface area (Å²) in [4.78, 5) is 6.65. The quantitative estimate of drug-likeness (QED) is 0.576. The van der Waals surface area contributed by atoms with Gasteiger partial charge in [0.1, 0.15) is 5.82 Å². The number of nitrogens with zero attached hydrogens (tertiary/aromatic N) is 4. The van der Waals surface area contributed by atoms with Gasteiger partial charge in [-0.3, -0.25) is 0 Å². The predicted octanol–water partition coefficient (Wildman–Crippen LogP) is 4.05. The maximum absolute atomic E-state index is 5.79. The molecule has 0 amide bonds. The molecule has 0 atom stereocenters. The molecule has 0 spiro atoms. The van der Waals surface area contributed by atoms with E-state index in [0.29, 0.717) is 0 Å². The van der Waals surface area contributed by atoms with Gasteiger partial charge in [0.05, 0.1) is 6.20 Å². The zero-order valence-corrected chi connectivity index (χ0v) is 14.2. The number of nitrogen functional groups attached to an aromatic ring is 1. The Morgan fingerprint density at radius 1 is 1.04 bits per heavy atom. The second-order valence-corrected chi connectivity index (χ2v) is 6.12. The third-order valence-corrected chi connectivity index (χ3v) is 4.34. The topological polar surface area (TPSA) is 59.5 Å². The lowest BCUT2D eigenvalue weighted by Crippen LogP contribution is -2.14. The summed E-state index contributed by atoms with van der Waals surface area (Å²) in [6.07, 6.45) is 3.67. The minimum atomic E-state index is 0.744. The maximum atomic E-state index is 5.79. The van der Waals surface area contributed by atoms with Crippen LogP contribution in [0.3, 0.4) is 0 Å². The number of nitrogens with two attached hydrogens (primary N) is 1. The molecule has 0 bridgehead atoms. The average Bonchev–Trinajstić information content (AvgIpc) is 3.06. The monoisotopic (exact) mass is 329 g/mol. The molecule has 25 heavy (non-hydrogen) atoms. The minimum Gasteiger partial charge on any atom is -0.399 e. The molecule has 4 rings (SSSR count). The van der Waals surface area contributed by atoms with Crippen molar-refractivity contribution in [1.82, 2.24) is 14.6 Å². The summed E-state index contributed by atoms with van der Waals surface area (Å²) < 4.78 is 1.87. The molecule has 2 aromatic carbocycles. The number of rotatable bonds is 3. The zero-order chi connectivity index (χ0) is 17.4. The van der Waals surface area contributed by atoms with Gasteiger partial charge in [-0.25, -0.2) is 4.98 Å². The van der Waals surface area contributed by atoms with E-state index in [-0.39, 0.29) is 0 Å². The van der Waals surface area contributed by atoms with E-state index in [1.165, 1.54) is 5.56 Å². The van der Waals surface area contributed by atoms with Crippen molar-refractivity contribution in [1.29, 1.82) is 0 Å². The molecular formula is C20H19N5. The lowest BCUT2D eigenvalue weighted by atomic mass is 10.1. The molecule has 0 aliphatic rings. The van der Waals surface area contributed by atoms with E-state index in [2.05, 4.69) is 46.2 Å². The molecule has 124 valence electrons. The van der Waals surface area contributed by atoms with Crippen LogP contribution >= 0.6 is 0 Å². The van der Waals surface area contributed by atoms with Crippen LogP contribution < -0.4 is 10.6 Å². The average molecular weight is 329 g/mol. The van der Waals surface area contributed by atoms with Crippen LogP contribution in [-0.4, -0.2) is 21.6 Å². The first-order valence-electron chi connectivity index (χ1n) is 8.12. The van der Waals surface area contributed by atoms with Crippen LogP contribution in [0.5, 0.6) is 0 Å². The highest BCUT2D eigenvalue weighted by Crippen LogP contribution is 2.29. The van der Waals surface area contributed by atoms with Crippen molar-refractivity contribution in [2.75, 3.05) is 17.7 Å². The smallest absolute Gasteiger partial charge is 0.165 e. The highest BCUT2D eigenvalue weighted by atomic mass is 15.3. The Balaban J connectivity index is 1.83. The third-order valence-electron chi connectivity index (χ3n) is 4.34. The van der Waals surface area contributed by atoms with E-state index < -0.39 is 0 Å². The van der Waals surface area contributed by atoms with Crippen molar-refractivity contribution in [2.24, 2.45) is 0 Å². The molecule has 0 saturated heterocycles. The van der Waals surface area contributed by atoms with Gasteiger partial charge in [0.2, 0.25) is 0 Å². The molecule has 0 saturated carbocycles. The summed E-state index contributed by atoms with van der Waals surface area (Å²) in [5, 5.41) is 4.57. The summed E-state index contributed by atoms with van der Waals surface area (Å²) >= 11 is 0. The molecule has 0 radical (unpaired) electrons. The van der Waals surface area contributed by atoms with Crippen molar-refractivity contribution in [3.05, 3.63) is 72.6 Å². The highest BCUT2D eigenvalue weighted by Gasteiger charge is 2.14. The Morgan fingerprint density at radius 3 is 2.60 bits per heavy atom. The molecular weight excluding hydrogens is 310 g/mol. The van der Waals surface area contributed by atoms with Gasteiger partial charge in [-0.15, -0.1) is 0 Å². The van der Waals surface area contributed by atoms with Crippen LogP contribution in [0.2, 0.25) is 0 Å². The van der Waals surface area contributed by atoms with Crippen LogP contribution in [0, 0.1) is 6.92 Å². The molecule has 0 aliphatic carbocycles. The molecule has 5 nitrogen and oxygen atoms in total. The highest BCUT2D eigenvalue weighted by molar-refractivity contribution is 5.79. The largest absolute Gasteiger partial charge is 0.399 e. The predicted molar refractivity (Wildman–Crippen MR) is 102 cm³/mol. The Labute approximate surface area is 146 Å². The summed E-state index contributed by atoms with van der Waals surface area (Å²) in [6, 6.07) is 18.1. The minimum absolute atomic E-state index is 0.744. The fourth-order valence-corrected chi connectivity index (χ4v) is 2.97. The van der Waals surface area contributed by atoms with E-state index in [1.807, 2.05) is 54.3 Å². The fraction of sp³-hybridized carbons (Fsp3) is 0.100. The van der Waals surface area contributed by atoms with Gasteiger partial charge in [-0.2, -0.15) is 9.61 Å². The van der Waals surface area contributed by atoms with Gasteiger partial charge in [0.15, 0.2) is 5.65 Å². The second kappa shape index (κ2) is 5.94. The maximum Gasteiger partial charge on any atom is 0.165 e. The number of anilines is 3. The summed E-state index contributed by atoms with van der Waals surface area (Å²) in [5.74, 6) is 0.956. The molecule has 0 fully saturated rings. The van der Waals surface area contributed by atoms with Crippen molar-refractivity contribution in [3.63, 3.8) is 0 Å². The van der Waals surface area contributed by atoms with Gasteiger partial charge in [-0.05, 0) is 48.4 Å². The van der Waals surface area contributed by atoms with E-state index in [9.17, 15) is 0 Å². The van der Waals surface area contributed by atoms with E-state index in [4.69, 9.17) is 5.73 Å². The standard InChI is InChI=1S/C20H19N5/c1-14-4-3-5-17(12-14)24(2)19-10-11-22-20-18(13-23-25(19)20)15-6-8-16(21)9-7-15/h3-13H,21H2,1-2H3. The first kappa shape index (κ1) is 15.2. The summed E-state index contributed by atoms with van der Waals surface area (Å²) in [6.45, 7) is 2.09. The van der Waals surface area contributed by atoms with Crippen molar-refractivity contribution >= 4 is 22.8 Å². The van der Waals surface area contributed by atoms with E-state index in [1.54, 1.807) is 0 Å². The Morgan fingerprint density at radius 2 is 1.84 bits per heavy atom. The number of aryl methyl sites for hydroxylation is 1. The van der Waals surface area contributed by atoms with Gasteiger partial charge in [0.25, 0.3) is 0 Å². The van der Waals surface area contributed by atoms with Gasteiger partial charge >= 0.3 is 0 Å². The Kier molecular flexibility index (Phi) is 3.61. The molecule has 2 heterocycles. The van der Waals surface area contributed by atoms with Crippen LogP contribution in [0.1, 0.15) is 5.56 Å². The van der Waals surface area contributed by atoms with Gasteiger partial charge in [0, 0.05) is 30.2 Å². The number of hydrogen-bond acceptors (Lipinski definition) is 4.